The van der Waals surface area contributed by atoms with Crippen LogP contribution in [0.5, 0.6) is 0 Å². The molecule has 1 aromatic carbocycles. The molecule has 118 valence electrons. The van der Waals surface area contributed by atoms with E-state index in [1.54, 1.807) is 0 Å². The lowest BCUT2D eigenvalue weighted by Gasteiger charge is -2.32. The highest BCUT2D eigenvalue weighted by atomic mass is 35.5. The third kappa shape index (κ3) is 3.51. The number of halogens is 1. The summed E-state index contributed by atoms with van der Waals surface area (Å²) < 4.78 is 22.4. The number of benzene rings is 1. The first-order valence-corrected chi connectivity index (χ1v) is 9.32. The van der Waals surface area contributed by atoms with E-state index in [0.29, 0.717) is 5.15 Å². The van der Waals surface area contributed by atoms with Crippen LogP contribution in [0.25, 0.3) is 10.8 Å². The van der Waals surface area contributed by atoms with Crippen molar-refractivity contribution >= 4 is 38.2 Å². The van der Waals surface area contributed by atoms with Crippen molar-refractivity contribution in [2.75, 3.05) is 23.7 Å². The molecule has 1 saturated heterocycles. The van der Waals surface area contributed by atoms with E-state index in [1.165, 1.54) is 0 Å². The quantitative estimate of drug-likeness (QED) is 0.871. The van der Waals surface area contributed by atoms with E-state index in [0.717, 1.165) is 42.5 Å². The zero-order chi connectivity index (χ0) is 15.7. The van der Waals surface area contributed by atoms with Crippen molar-refractivity contribution < 1.29 is 8.42 Å². The minimum Gasteiger partial charge on any atom is -0.357 e. The second-order valence-corrected chi connectivity index (χ2v) is 7.77. The van der Waals surface area contributed by atoms with Crippen molar-refractivity contribution in [1.82, 2.24) is 4.98 Å². The summed E-state index contributed by atoms with van der Waals surface area (Å²) in [5.41, 5.74) is 0. The van der Waals surface area contributed by atoms with Gasteiger partial charge in [-0.15, -0.1) is 0 Å². The summed E-state index contributed by atoms with van der Waals surface area (Å²) >= 11 is 6.26. The fraction of sp³-hybridized carbons (Fsp3) is 0.400. The molecule has 2 aromatic rings. The van der Waals surface area contributed by atoms with Gasteiger partial charge in [-0.2, -0.15) is 0 Å². The first-order valence-electron chi connectivity index (χ1n) is 7.23. The van der Waals surface area contributed by atoms with Crippen molar-refractivity contribution in [2.45, 2.75) is 12.8 Å². The summed E-state index contributed by atoms with van der Waals surface area (Å²) in [5, 5.41) is 7.62. The molecule has 0 unspecified atom stereocenters. The zero-order valence-corrected chi connectivity index (χ0v) is 13.6. The highest BCUT2D eigenvalue weighted by molar-refractivity contribution is 7.89. The largest absolute Gasteiger partial charge is 0.357 e. The van der Waals surface area contributed by atoms with Gasteiger partial charge in [-0.1, -0.05) is 35.9 Å². The molecule has 5 nitrogen and oxygen atoms in total. The number of hydrogen-bond acceptors (Lipinski definition) is 4. The first kappa shape index (κ1) is 15.5. The van der Waals surface area contributed by atoms with E-state index >= 15 is 0 Å². The molecular weight excluding hydrogens is 322 g/mol. The predicted octanol–water partition coefficient (Wildman–Crippen LogP) is 2.39. The molecule has 0 spiro atoms. The van der Waals surface area contributed by atoms with Crippen LogP contribution in [0.1, 0.15) is 12.8 Å². The van der Waals surface area contributed by atoms with E-state index in [2.05, 4.69) is 9.88 Å². The highest BCUT2D eigenvalue weighted by Gasteiger charge is 2.23. The van der Waals surface area contributed by atoms with Gasteiger partial charge in [-0.25, -0.2) is 18.5 Å². The molecular formula is C15H18ClN3O2S. The molecule has 2 N–H and O–H groups in total. The van der Waals surface area contributed by atoms with Gasteiger partial charge in [0.1, 0.15) is 11.0 Å². The van der Waals surface area contributed by atoms with Crippen LogP contribution < -0.4 is 10.0 Å². The number of primary sulfonamides is 1. The summed E-state index contributed by atoms with van der Waals surface area (Å²) in [6.45, 7) is 1.53. The maximum Gasteiger partial charge on any atom is 0.209 e. The Labute approximate surface area is 135 Å². The van der Waals surface area contributed by atoms with Gasteiger partial charge in [0, 0.05) is 18.5 Å². The van der Waals surface area contributed by atoms with Crippen LogP contribution in [0.2, 0.25) is 5.15 Å². The number of fused-ring (bicyclic) bond motifs is 1. The normalized spacial score (nSPS) is 17.1. The number of nitrogens with zero attached hydrogens (tertiary/aromatic N) is 2. The Morgan fingerprint density at radius 2 is 1.95 bits per heavy atom. The molecule has 1 fully saturated rings. The number of aromatic nitrogens is 1. The van der Waals surface area contributed by atoms with Gasteiger partial charge in [0.05, 0.1) is 5.75 Å². The smallest absolute Gasteiger partial charge is 0.209 e. The molecule has 22 heavy (non-hydrogen) atoms. The van der Waals surface area contributed by atoms with E-state index in [1.807, 2.05) is 30.3 Å². The average molecular weight is 340 g/mol. The molecule has 0 amide bonds. The minimum atomic E-state index is -3.40. The van der Waals surface area contributed by atoms with E-state index in [4.69, 9.17) is 16.7 Å². The van der Waals surface area contributed by atoms with E-state index < -0.39 is 10.0 Å². The molecule has 0 bridgehead atoms. The number of hydrogen-bond donors (Lipinski definition) is 1. The molecule has 2 heterocycles. The second-order valence-electron chi connectivity index (χ2n) is 5.75. The number of nitrogens with two attached hydrogens (primary N) is 1. The lowest BCUT2D eigenvalue weighted by atomic mass is 9.99. The van der Waals surface area contributed by atoms with Crippen LogP contribution >= 0.6 is 11.6 Å². The summed E-state index contributed by atoms with van der Waals surface area (Å²) in [4.78, 5) is 6.62. The van der Waals surface area contributed by atoms with Gasteiger partial charge in [0.15, 0.2) is 0 Å². The van der Waals surface area contributed by atoms with Crippen molar-refractivity contribution in [2.24, 2.45) is 11.1 Å². The van der Waals surface area contributed by atoms with Crippen LogP contribution in [-0.4, -0.2) is 32.2 Å². The number of anilines is 1. The Morgan fingerprint density at radius 3 is 2.64 bits per heavy atom. The third-order valence-corrected chi connectivity index (χ3v) is 5.31. The first-order chi connectivity index (χ1) is 10.4. The van der Waals surface area contributed by atoms with E-state index in [9.17, 15) is 8.42 Å². The molecule has 1 aromatic heterocycles. The Hall–Kier alpha value is -1.37. The molecule has 1 aliphatic heterocycles. The van der Waals surface area contributed by atoms with Crippen LogP contribution in [-0.2, 0) is 10.0 Å². The lowest BCUT2D eigenvalue weighted by molar-refractivity contribution is 0.434. The molecule has 1 aliphatic rings. The number of pyridine rings is 1. The fourth-order valence-corrected chi connectivity index (χ4v) is 4.21. The fourth-order valence-electron chi connectivity index (χ4n) is 2.96. The Morgan fingerprint density at radius 1 is 1.27 bits per heavy atom. The van der Waals surface area contributed by atoms with Crippen molar-refractivity contribution in [1.29, 1.82) is 0 Å². The summed E-state index contributed by atoms with van der Waals surface area (Å²) in [6, 6.07) is 9.91. The summed E-state index contributed by atoms with van der Waals surface area (Å²) in [7, 11) is -3.40. The number of sulfonamides is 1. The maximum absolute atomic E-state index is 11.2. The van der Waals surface area contributed by atoms with Crippen LogP contribution in [0.4, 0.5) is 5.82 Å². The third-order valence-electron chi connectivity index (χ3n) is 4.09. The molecule has 0 saturated carbocycles. The second kappa shape index (κ2) is 6.02. The molecule has 0 radical (unpaired) electrons. The van der Waals surface area contributed by atoms with Gasteiger partial charge in [0.2, 0.25) is 10.0 Å². The average Bonchev–Trinajstić information content (AvgIpc) is 2.46. The molecule has 0 aliphatic carbocycles. The molecule has 3 rings (SSSR count). The van der Waals surface area contributed by atoms with Crippen molar-refractivity contribution in [3.05, 3.63) is 35.5 Å². The van der Waals surface area contributed by atoms with Crippen molar-refractivity contribution in [3.8, 4) is 0 Å². The van der Waals surface area contributed by atoms with Crippen LogP contribution in [0.3, 0.4) is 0 Å². The van der Waals surface area contributed by atoms with Crippen LogP contribution in [0.15, 0.2) is 30.3 Å². The number of rotatable bonds is 3. The number of piperidine rings is 1. The van der Waals surface area contributed by atoms with Gasteiger partial charge in [-0.3, -0.25) is 0 Å². The Bertz CT molecular complexity index is 786. The Kier molecular flexibility index (Phi) is 4.25. The van der Waals surface area contributed by atoms with Crippen molar-refractivity contribution in [3.63, 3.8) is 0 Å². The molecule has 7 heteroatoms. The highest BCUT2D eigenvalue weighted by Crippen LogP contribution is 2.29. The van der Waals surface area contributed by atoms with Crippen LogP contribution in [0, 0.1) is 5.92 Å². The van der Waals surface area contributed by atoms with Gasteiger partial charge in [-0.05, 0) is 30.2 Å². The van der Waals surface area contributed by atoms with Gasteiger partial charge < -0.3 is 4.90 Å². The maximum atomic E-state index is 11.2. The summed E-state index contributed by atoms with van der Waals surface area (Å²) in [6.07, 6.45) is 1.59. The predicted molar refractivity (Wildman–Crippen MR) is 89.7 cm³/mol. The zero-order valence-electron chi connectivity index (χ0n) is 12.1. The SMILES string of the molecule is NS(=O)(=O)CC1CCN(c2cc3ccccc3c(Cl)n2)CC1. The lowest BCUT2D eigenvalue weighted by Crippen LogP contribution is -2.37. The standard InChI is InChI=1S/C15H18ClN3O2S/c16-15-13-4-2-1-3-12(13)9-14(18-15)19-7-5-11(6-8-19)10-22(17,20)21/h1-4,9,11H,5-8,10H2,(H2,17,20,21). The Balaban J connectivity index is 1.76. The monoisotopic (exact) mass is 339 g/mol. The van der Waals surface area contributed by atoms with Gasteiger partial charge in [0.25, 0.3) is 0 Å². The minimum absolute atomic E-state index is 0.0622. The topological polar surface area (TPSA) is 76.3 Å². The summed E-state index contributed by atoms with van der Waals surface area (Å²) in [5.74, 6) is 1.03. The molecule has 0 atom stereocenters. The van der Waals surface area contributed by atoms with Gasteiger partial charge >= 0.3 is 0 Å². The van der Waals surface area contributed by atoms with E-state index in [-0.39, 0.29) is 11.7 Å².